The summed E-state index contributed by atoms with van der Waals surface area (Å²) >= 11 is 0. The maximum atomic E-state index is 11.3. The molecule has 0 heterocycles. The molecule has 0 aromatic rings. The largest absolute Gasteiger partial charge is 0.372 e. The maximum absolute atomic E-state index is 11.3. The third kappa shape index (κ3) is 1.02. The number of hydrogen-bond acceptors (Lipinski definition) is 3. The summed E-state index contributed by atoms with van der Waals surface area (Å²) in [5.41, 5.74) is -0.976. The summed E-state index contributed by atoms with van der Waals surface area (Å²) in [7, 11) is -4.41. The molecule has 2 N–H and O–H groups in total. The van der Waals surface area contributed by atoms with Gasteiger partial charge in [0.05, 0.1) is 0 Å². The fraction of sp³-hybridized carbons (Fsp3) is 1.00. The quantitative estimate of drug-likeness (QED) is 0.673. The van der Waals surface area contributed by atoms with Crippen LogP contribution >= 0.6 is 0 Å². The summed E-state index contributed by atoms with van der Waals surface area (Å²) in [5, 5.41) is 10.3. The lowest BCUT2D eigenvalue weighted by Crippen LogP contribution is -2.52. The van der Waals surface area contributed by atoms with Crippen molar-refractivity contribution in [2.75, 3.05) is 0 Å². The topological polar surface area (TPSA) is 74.6 Å². The van der Waals surface area contributed by atoms with Crippen LogP contribution in [0.4, 0.5) is 0 Å². The third-order valence-electron chi connectivity index (χ3n) is 5.25. The van der Waals surface area contributed by atoms with Gasteiger partial charge in [0, 0.05) is 5.41 Å². The maximum Gasteiger partial charge on any atom is 0.295 e. The van der Waals surface area contributed by atoms with Gasteiger partial charge in [0.2, 0.25) is 0 Å². The van der Waals surface area contributed by atoms with E-state index in [2.05, 4.69) is 0 Å². The van der Waals surface area contributed by atoms with E-state index < -0.39 is 20.5 Å². The van der Waals surface area contributed by atoms with E-state index in [4.69, 9.17) is 0 Å². The molecule has 3 unspecified atom stereocenters. The first-order valence-electron chi connectivity index (χ1n) is 5.26. The first kappa shape index (κ1) is 11.4. The number of rotatable bonds is 1. The molecule has 2 rings (SSSR count). The lowest BCUT2D eigenvalue weighted by atomic mass is 9.69. The molecule has 2 aliphatic rings. The normalized spacial score (nSPS) is 48.5. The Bertz CT molecular complexity index is 400. The molecular formula is C10H18O4S. The van der Waals surface area contributed by atoms with Crippen molar-refractivity contribution in [2.45, 2.75) is 45.0 Å². The van der Waals surface area contributed by atoms with Gasteiger partial charge in [0.1, 0.15) is 0 Å². The standard InChI is InChI=1S/C10H18O4S/c1-8(2)7-4-5-9(8,3)10(11,6-7)15(12,13)14/h7,11H,4-6H2,1-3H3,(H,12,13,14). The molecule has 0 saturated heterocycles. The lowest BCUT2D eigenvalue weighted by Gasteiger charge is -2.42. The summed E-state index contributed by atoms with van der Waals surface area (Å²) in [5.74, 6) is 0.175. The SMILES string of the molecule is CC1(C)C2CCC1(C)C(O)(S(=O)(=O)O)C2. The van der Waals surface area contributed by atoms with Crippen molar-refractivity contribution in [1.29, 1.82) is 0 Å². The van der Waals surface area contributed by atoms with Gasteiger partial charge in [-0.2, -0.15) is 8.42 Å². The van der Waals surface area contributed by atoms with Crippen molar-refractivity contribution >= 4 is 10.1 Å². The molecule has 88 valence electrons. The van der Waals surface area contributed by atoms with Crippen LogP contribution in [0.2, 0.25) is 0 Å². The molecule has 0 amide bonds. The monoisotopic (exact) mass is 234 g/mol. The van der Waals surface area contributed by atoms with Crippen LogP contribution in [0, 0.1) is 16.7 Å². The Hall–Kier alpha value is -0.130. The van der Waals surface area contributed by atoms with E-state index >= 15 is 0 Å². The second-order valence-electron chi connectivity index (χ2n) is 5.75. The molecule has 3 atom stereocenters. The molecule has 2 aliphatic carbocycles. The summed E-state index contributed by atoms with van der Waals surface area (Å²) in [6, 6.07) is 0. The first-order valence-corrected chi connectivity index (χ1v) is 6.70. The zero-order valence-electron chi connectivity index (χ0n) is 9.32. The van der Waals surface area contributed by atoms with E-state index in [1.165, 1.54) is 0 Å². The van der Waals surface area contributed by atoms with Crippen molar-refractivity contribution in [1.82, 2.24) is 0 Å². The predicted octanol–water partition coefficient (Wildman–Crippen LogP) is 1.41. The number of hydrogen-bond donors (Lipinski definition) is 2. The summed E-state index contributed by atoms with van der Waals surface area (Å²) < 4.78 is 31.9. The second-order valence-corrected chi connectivity index (χ2v) is 7.38. The Labute approximate surface area is 90.4 Å². The van der Waals surface area contributed by atoms with Crippen LogP contribution in [-0.2, 0) is 10.1 Å². The van der Waals surface area contributed by atoms with Crippen molar-refractivity contribution in [3.63, 3.8) is 0 Å². The molecule has 0 aromatic heterocycles. The van der Waals surface area contributed by atoms with Gasteiger partial charge in [0.15, 0.2) is 4.93 Å². The highest BCUT2D eigenvalue weighted by molar-refractivity contribution is 7.87. The van der Waals surface area contributed by atoms with Gasteiger partial charge in [-0.1, -0.05) is 20.8 Å². The molecule has 0 aromatic carbocycles. The zero-order valence-corrected chi connectivity index (χ0v) is 10.1. The first-order chi connectivity index (χ1) is 6.56. The third-order valence-corrected chi connectivity index (χ3v) is 6.72. The van der Waals surface area contributed by atoms with Crippen LogP contribution < -0.4 is 0 Å². The minimum atomic E-state index is -4.41. The number of fused-ring (bicyclic) bond motifs is 2. The van der Waals surface area contributed by atoms with Crippen LogP contribution in [0.5, 0.6) is 0 Å². The highest BCUT2D eigenvalue weighted by Crippen LogP contribution is 2.70. The van der Waals surface area contributed by atoms with Crippen molar-refractivity contribution in [3.05, 3.63) is 0 Å². The van der Waals surface area contributed by atoms with Crippen molar-refractivity contribution in [3.8, 4) is 0 Å². The molecule has 4 nitrogen and oxygen atoms in total. The Balaban J connectivity index is 2.60. The molecule has 2 fully saturated rings. The number of aliphatic hydroxyl groups is 1. The summed E-state index contributed by atoms with van der Waals surface area (Å²) in [6.45, 7) is 5.73. The minimum absolute atomic E-state index is 0.162. The minimum Gasteiger partial charge on any atom is -0.372 e. The molecule has 2 saturated carbocycles. The molecule has 0 aliphatic heterocycles. The molecule has 15 heavy (non-hydrogen) atoms. The summed E-state index contributed by atoms with van der Waals surface area (Å²) in [6.07, 6.45) is 1.75. The molecule has 0 radical (unpaired) electrons. The molecule has 5 heteroatoms. The molecule has 0 spiro atoms. The highest BCUT2D eigenvalue weighted by Gasteiger charge is 2.73. The predicted molar refractivity (Wildman–Crippen MR) is 55.7 cm³/mol. The van der Waals surface area contributed by atoms with Gasteiger partial charge in [-0.3, -0.25) is 4.55 Å². The smallest absolute Gasteiger partial charge is 0.295 e. The van der Waals surface area contributed by atoms with Crippen LogP contribution in [0.3, 0.4) is 0 Å². The average molecular weight is 234 g/mol. The van der Waals surface area contributed by atoms with Gasteiger partial charge >= 0.3 is 0 Å². The van der Waals surface area contributed by atoms with Gasteiger partial charge in [-0.25, -0.2) is 0 Å². The highest BCUT2D eigenvalue weighted by atomic mass is 32.2. The van der Waals surface area contributed by atoms with Gasteiger partial charge in [0.25, 0.3) is 10.1 Å². The van der Waals surface area contributed by atoms with Crippen molar-refractivity contribution < 1.29 is 18.1 Å². The van der Waals surface area contributed by atoms with Gasteiger partial charge < -0.3 is 5.11 Å². The Morgan fingerprint density at radius 3 is 2.00 bits per heavy atom. The Morgan fingerprint density at radius 2 is 1.80 bits per heavy atom. The van der Waals surface area contributed by atoms with E-state index in [0.717, 1.165) is 6.42 Å². The van der Waals surface area contributed by atoms with Gasteiger partial charge in [-0.05, 0) is 30.6 Å². The Morgan fingerprint density at radius 1 is 1.27 bits per heavy atom. The van der Waals surface area contributed by atoms with E-state index in [1.807, 2.05) is 13.8 Å². The van der Waals surface area contributed by atoms with Crippen LogP contribution in [0.15, 0.2) is 0 Å². The fourth-order valence-electron chi connectivity index (χ4n) is 3.60. The van der Waals surface area contributed by atoms with E-state index in [1.54, 1.807) is 6.92 Å². The fourth-order valence-corrected chi connectivity index (χ4v) is 4.95. The Kier molecular flexibility index (Phi) is 1.95. The lowest BCUT2D eigenvalue weighted by molar-refractivity contribution is -0.0296. The van der Waals surface area contributed by atoms with Gasteiger partial charge in [-0.15, -0.1) is 0 Å². The van der Waals surface area contributed by atoms with Crippen LogP contribution in [0.25, 0.3) is 0 Å². The summed E-state index contributed by atoms with van der Waals surface area (Å²) in [4.78, 5) is -1.95. The van der Waals surface area contributed by atoms with E-state index in [-0.39, 0.29) is 17.8 Å². The van der Waals surface area contributed by atoms with E-state index in [0.29, 0.717) is 6.42 Å². The molecule has 2 bridgehead atoms. The molecular weight excluding hydrogens is 216 g/mol. The second kappa shape index (κ2) is 2.57. The van der Waals surface area contributed by atoms with Crippen LogP contribution in [0.1, 0.15) is 40.0 Å². The van der Waals surface area contributed by atoms with Crippen molar-refractivity contribution in [2.24, 2.45) is 16.7 Å². The zero-order chi connectivity index (χ0) is 11.7. The van der Waals surface area contributed by atoms with Crippen LogP contribution in [-0.4, -0.2) is 23.0 Å². The average Bonchev–Trinajstić information content (AvgIpc) is 2.34. The van der Waals surface area contributed by atoms with E-state index in [9.17, 15) is 18.1 Å².